The Morgan fingerprint density at radius 3 is 2.24 bits per heavy atom. The largest absolute Gasteiger partial charge is 0.573 e. The third-order valence-corrected chi connectivity index (χ3v) is 2.08. The first-order chi connectivity index (χ1) is 7.69. The van der Waals surface area contributed by atoms with Crippen LogP contribution in [0.5, 0.6) is 11.5 Å². The van der Waals surface area contributed by atoms with E-state index in [9.17, 15) is 22.0 Å². The van der Waals surface area contributed by atoms with Crippen LogP contribution in [0.1, 0.15) is 0 Å². The van der Waals surface area contributed by atoms with Gasteiger partial charge >= 0.3 is 13.0 Å². The Balaban J connectivity index is 3.02. The quantitative estimate of drug-likeness (QED) is 0.684. The Hall–Kier alpha value is -1.25. The van der Waals surface area contributed by atoms with Crippen molar-refractivity contribution in [1.29, 1.82) is 0 Å². The van der Waals surface area contributed by atoms with Crippen LogP contribution >= 0.6 is 15.9 Å². The van der Waals surface area contributed by atoms with E-state index in [4.69, 9.17) is 5.73 Å². The van der Waals surface area contributed by atoms with Crippen LogP contribution in [0.3, 0.4) is 0 Å². The van der Waals surface area contributed by atoms with Crippen LogP contribution in [0.25, 0.3) is 0 Å². The highest BCUT2D eigenvalue weighted by Crippen LogP contribution is 2.39. The Kier molecular flexibility index (Phi) is 4.02. The highest BCUT2D eigenvalue weighted by atomic mass is 79.9. The Morgan fingerprint density at radius 1 is 1.24 bits per heavy atom. The molecule has 0 heterocycles. The van der Waals surface area contributed by atoms with Gasteiger partial charge in [-0.15, -0.1) is 13.2 Å². The maximum atomic E-state index is 12.0. The number of ether oxygens (including phenoxy) is 2. The summed E-state index contributed by atoms with van der Waals surface area (Å²) >= 11 is 2.71. The molecular weight excluding hydrogens is 317 g/mol. The van der Waals surface area contributed by atoms with Crippen LogP contribution in [-0.2, 0) is 0 Å². The minimum absolute atomic E-state index is 0.245. The standard InChI is InChI=1S/C8H5BrF5NO2/c9-4-1-3(16-7(10)11)2-5(15)6(4)17-8(12,13)14/h1-2,7H,15H2. The summed E-state index contributed by atoms with van der Waals surface area (Å²) in [5.41, 5.74) is 4.75. The molecule has 0 fully saturated rings. The van der Waals surface area contributed by atoms with Gasteiger partial charge in [0.2, 0.25) is 0 Å². The molecule has 17 heavy (non-hydrogen) atoms. The Labute approximate surface area is 100 Å². The molecule has 1 aromatic carbocycles. The predicted molar refractivity (Wildman–Crippen MR) is 51.9 cm³/mol. The molecule has 0 aliphatic heterocycles. The van der Waals surface area contributed by atoms with Crippen LogP contribution < -0.4 is 15.2 Å². The smallest absolute Gasteiger partial charge is 0.435 e. The van der Waals surface area contributed by atoms with Gasteiger partial charge in [-0.05, 0) is 22.0 Å². The molecule has 1 aromatic rings. The SMILES string of the molecule is Nc1cc(OC(F)F)cc(Br)c1OC(F)(F)F. The number of anilines is 1. The number of benzene rings is 1. The number of rotatable bonds is 3. The molecule has 0 aliphatic carbocycles. The van der Waals surface area contributed by atoms with E-state index < -0.39 is 24.4 Å². The molecule has 3 nitrogen and oxygen atoms in total. The summed E-state index contributed by atoms with van der Waals surface area (Å²) in [6, 6.07) is 1.70. The van der Waals surface area contributed by atoms with Gasteiger partial charge in [0.05, 0.1) is 10.2 Å². The Morgan fingerprint density at radius 2 is 1.82 bits per heavy atom. The topological polar surface area (TPSA) is 44.5 Å². The maximum Gasteiger partial charge on any atom is 0.573 e. The summed E-state index contributed by atoms with van der Waals surface area (Å²) in [6.07, 6.45) is -4.93. The normalized spacial score (nSPS) is 11.7. The summed E-state index contributed by atoms with van der Waals surface area (Å²) in [5, 5.41) is 0. The molecule has 0 bridgehead atoms. The van der Waals surface area contributed by atoms with Crippen molar-refractivity contribution >= 4 is 21.6 Å². The van der Waals surface area contributed by atoms with Gasteiger partial charge in [-0.1, -0.05) is 0 Å². The lowest BCUT2D eigenvalue weighted by Crippen LogP contribution is -2.18. The van der Waals surface area contributed by atoms with Gasteiger partial charge in [-0.2, -0.15) is 8.78 Å². The number of hydrogen-bond donors (Lipinski definition) is 1. The van der Waals surface area contributed by atoms with E-state index in [1.54, 1.807) is 0 Å². The molecule has 96 valence electrons. The van der Waals surface area contributed by atoms with E-state index >= 15 is 0 Å². The van der Waals surface area contributed by atoms with E-state index in [1.165, 1.54) is 0 Å². The highest BCUT2D eigenvalue weighted by Gasteiger charge is 2.33. The van der Waals surface area contributed by atoms with Crippen molar-refractivity contribution in [2.45, 2.75) is 13.0 Å². The summed E-state index contributed by atoms with van der Waals surface area (Å²) < 4.78 is 67.0. The molecule has 9 heteroatoms. The van der Waals surface area contributed by atoms with Crippen LogP contribution in [0.15, 0.2) is 16.6 Å². The molecule has 0 spiro atoms. The van der Waals surface area contributed by atoms with Crippen LogP contribution in [0.2, 0.25) is 0 Å². The number of nitrogens with two attached hydrogens (primary N) is 1. The number of alkyl halides is 5. The lowest BCUT2D eigenvalue weighted by atomic mass is 10.3. The fourth-order valence-corrected chi connectivity index (χ4v) is 1.52. The molecule has 0 radical (unpaired) electrons. The van der Waals surface area contributed by atoms with E-state index in [2.05, 4.69) is 25.4 Å². The van der Waals surface area contributed by atoms with Crippen molar-refractivity contribution in [3.63, 3.8) is 0 Å². The zero-order valence-electron chi connectivity index (χ0n) is 7.89. The average Bonchev–Trinajstić information content (AvgIpc) is 2.08. The van der Waals surface area contributed by atoms with E-state index in [-0.39, 0.29) is 10.2 Å². The van der Waals surface area contributed by atoms with Crippen molar-refractivity contribution < 1.29 is 31.4 Å². The third-order valence-electron chi connectivity index (χ3n) is 1.49. The summed E-state index contributed by atoms with van der Waals surface area (Å²) in [6.45, 7) is -3.10. The molecule has 0 amide bonds. The van der Waals surface area contributed by atoms with Crippen molar-refractivity contribution in [1.82, 2.24) is 0 Å². The van der Waals surface area contributed by atoms with Gasteiger partial charge in [0.25, 0.3) is 0 Å². The van der Waals surface area contributed by atoms with Gasteiger partial charge in [0.1, 0.15) is 5.75 Å². The molecule has 2 N–H and O–H groups in total. The average molecular weight is 322 g/mol. The minimum Gasteiger partial charge on any atom is -0.435 e. The van der Waals surface area contributed by atoms with E-state index in [0.29, 0.717) is 0 Å². The lowest BCUT2D eigenvalue weighted by molar-refractivity contribution is -0.274. The zero-order valence-corrected chi connectivity index (χ0v) is 9.48. The zero-order chi connectivity index (χ0) is 13.2. The first kappa shape index (κ1) is 13.8. The van der Waals surface area contributed by atoms with E-state index in [1.807, 2.05) is 0 Å². The fourth-order valence-electron chi connectivity index (χ4n) is 0.983. The second kappa shape index (κ2) is 4.94. The molecule has 0 aromatic heterocycles. The van der Waals surface area contributed by atoms with Gasteiger partial charge in [-0.25, -0.2) is 0 Å². The first-order valence-electron chi connectivity index (χ1n) is 3.98. The summed E-state index contributed by atoms with van der Waals surface area (Å²) in [7, 11) is 0. The van der Waals surface area contributed by atoms with Gasteiger partial charge in [0, 0.05) is 6.07 Å². The molecule has 0 aliphatic rings. The van der Waals surface area contributed by atoms with Crippen molar-refractivity contribution in [3.05, 3.63) is 16.6 Å². The second-order valence-electron chi connectivity index (χ2n) is 2.75. The molecule has 0 saturated heterocycles. The minimum atomic E-state index is -4.93. The first-order valence-corrected chi connectivity index (χ1v) is 4.78. The third kappa shape index (κ3) is 4.25. The number of halogens is 6. The maximum absolute atomic E-state index is 12.0. The second-order valence-corrected chi connectivity index (χ2v) is 3.60. The van der Waals surface area contributed by atoms with Crippen molar-refractivity contribution in [2.24, 2.45) is 0 Å². The van der Waals surface area contributed by atoms with Gasteiger partial charge in [-0.3, -0.25) is 0 Å². The number of nitrogen functional groups attached to an aromatic ring is 1. The predicted octanol–water partition coefficient (Wildman–Crippen LogP) is 3.53. The molecule has 0 saturated carbocycles. The molecular formula is C8H5BrF5NO2. The van der Waals surface area contributed by atoms with Gasteiger partial charge < -0.3 is 15.2 Å². The van der Waals surface area contributed by atoms with Crippen LogP contribution in [0, 0.1) is 0 Å². The molecule has 0 unspecified atom stereocenters. The number of hydrogen-bond acceptors (Lipinski definition) is 3. The van der Waals surface area contributed by atoms with Crippen LogP contribution in [-0.4, -0.2) is 13.0 Å². The van der Waals surface area contributed by atoms with E-state index in [0.717, 1.165) is 12.1 Å². The fraction of sp³-hybridized carbons (Fsp3) is 0.250. The van der Waals surface area contributed by atoms with Crippen LogP contribution in [0.4, 0.5) is 27.6 Å². The van der Waals surface area contributed by atoms with Crippen molar-refractivity contribution in [3.8, 4) is 11.5 Å². The molecule has 0 atom stereocenters. The van der Waals surface area contributed by atoms with Gasteiger partial charge in [0.15, 0.2) is 5.75 Å². The summed E-state index contributed by atoms with van der Waals surface area (Å²) in [5.74, 6) is -1.09. The summed E-state index contributed by atoms with van der Waals surface area (Å²) in [4.78, 5) is 0. The molecule has 1 rings (SSSR count). The highest BCUT2D eigenvalue weighted by molar-refractivity contribution is 9.10. The Bertz CT molecular complexity index is 386. The monoisotopic (exact) mass is 321 g/mol. The lowest BCUT2D eigenvalue weighted by Gasteiger charge is -2.14. The van der Waals surface area contributed by atoms with Crippen molar-refractivity contribution in [2.75, 3.05) is 5.73 Å².